The Bertz CT molecular complexity index is 930. The Morgan fingerprint density at radius 1 is 1.04 bits per heavy atom. The van der Waals surface area contributed by atoms with Gasteiger partial charge in [-0.15, -0.1) is 0 Å². The first-order chi connectivity index (χ1) is 13.4. The number of H-pyrrole nitrogens is 1. The number of carbonyl (C=O) groups is 1. The van der Waals surface area contributed by atoms with Gasteiger partial charge < -0.3 is 19.8 Å². The molecular formula is C23H28N2O3. The van der Waals surface area contributed by atoms with Gasteiger partial charge in [-0.2, -0.15) is 0 Å². The van der Waals surface area contributed by atoms with Crippen molar-refractivity contribution >= 4 is 16.7 Å². The maximum absolute atomic E-state index is 11.1. The van der Waals surface area contributed by atoms with E-state index in [4.69, 9.17) is 9.47 Å². The summed E-state index contributed by atoms with van der Waals surface area (Å²) in [5, 5.41) is 4.84. The number of hydrogen-bond acceptors (Lipinski definition) is 4. The van der Waals surface area contributed by atoms with Crippen molar-refractivity contribution in [2.45, 2.75) is 32.7 Å². The van der Waals surface area contributed by atoms with Gasteiger partial charge in [-0.25, -0.2) is 0 Å². The predicted octanol–water partition coefficient (Wildman–Crippen LogP) is 4.13. The van der Waals surface area contributed by atoms with Crippen LogP contribution in [-0.4, -0.2) is 36.1 Å². The second-order valence-corrected chi connectivity index (χ2v) is 7.63. The number of carbonyl (C=O) groups excluding carboxylic acids is 1. The number of aromatic amines is 1. The summed E-state index contributed by atoms with van der Waals surface area (Å²) >= 11 is 0. The van der Waals surface area contributed by atoms with Crippen LogP contribution in [0.1, 0.15) is 26.3 Å². The first kappa shape index (κ1) is 20.0. The number of Topliss-reactive ketones (excluding diaryl/α,β-unsaturated/α-hetero) is 1. The molecule has 0 radical (unpaired) electrons. The van der Waals surface area contributed by atoms with E-state index in [-0.39, 0.29) is 17.9 Å². The van der Waals surface area contributed by atoms with Crippen molar-refractivity contribution in [3.63, 3.8) is 0 Å². The SMILES string of the molecule is CC(=O)COc1ccccc1OCCNC(C)(C)Cc1c[nH]c2ccccc12. The van der Waals surface area contributed by atoms with Gasteiger partial charge in [0.1, 0.15) is 13.2 Å². The van der Waals surface area contributed by atoms with Crippen LogP contribution in [0.4, 0.5) is 0 Å². The van der Waals surface area contributed by atoms with Gasteiger partial charge in [-0.3, -0.25) is 4.79 Å². The molecule has 28 heavy (non-hydrogen) atoms. The van der Waals surface area contributed by atoms with Gasteiger partial charge in [-0.05, 0) is 51.0 Å². The fourth-order valence-electron chi connectivity index (χ4n) is 3.23. The zero-order valence-corrected chi connectivity index (χ0v) is 16.7. The van der Waals surface area contributed by atoms with Crippen molar-refractivity contribution in [3.05, 3.63) is 60.3 Å². The molecule has 0 spiro atoms. The molecule has 1 heterocycles. The predicted molar refractivity (Wildman–Crippen MR) is 112 cm³/mol. The monoisotopic (exact) mass is 380 g/mol. The molecule has 0 saturated heterocycles. The van der Waals surface area contributed by atoms with Crippen LogP contribution in [0.2, 0.25) is 0 Å². The van der Waals surface area contributed by atoms with Crippen LogP contribution in [0, 0.1) is 0 Å². The number of benzene rings is 2. The third kappa shape index (κ3) is 5.36. The summed E-state index contributed by atoms with van der Waals surface area (Å²) < 4.78 is 11.4. The van der Waals surface area contributed by atoms with E-state index in [0.29, 0.717) is 24.7 Å². The number of fused-ring (bicyclic) bond motifs is 1. The largest absolute Gasteiger partial charge is 0.488 e. The van der Waals surface area contributed by atoms with E-state index in [1.807, 2.05) is 30.3 Å². The number of aromatic nitrogens is 1. The highest BCUT2D eigenvalue weighted by Gasteiger charge is 2.19. The molecular weight excluding hydrogens is 352 g/mol. The van der Waals surface area contributed by atoms with E-state index in [1.54, 1.807) is 0 Å². The molecule has 3 aromatic rings. The van der Waals surface area contributed by atoms with Gasteiger partial charge in [0, 0.05) is 29.2 Å². The maximum Gasteiger partial charge on any atom is 0.167 e. The number of ether oxygens (including phenoxy) is 2. The highest BCUT2D eigenvalue weighted by Crippen LogP contribution is 2.26. The molecule has 5 nitrogen and oxygen atoms in total. The third-order valence-corrected chi connectivity index (χ3v) is 4.55. The van der Waals surface area contributed by atoms with Crippen molar-refractivity contribution in [1.82, 2.24) is 10.3 Å². The van der Waals surface area contributed by atoms with Crippen LogP contribution in [0.5, 0.6) is 11.5 Å². The van der Waals surface area contributed by atoms with Crippen molar-refractivity contribution in [3.8, 4) is 11.5 Å². The highest BCUT2D eigenvalue weighted by atomic mass is 16.5. The zero-order chi connectivity index (χ0) is 20.0. The number of rotatable bonds is 10. The number of hydrogen-bond donors (Lipinski definition) is 2. The molecule has 148 valence electrons. The van der Waals surface area contributed by atoms with Crippen LogP contribution in [0.25, 0.3) is 10.9 Å². The molecule has 0 saturated carbocycles. The fraction of sp³-hybridized carbons (Fsp3) is 0.348. The minimum absolute atomic E-state index is 0.0181. The lowest BCUT2D eigenvalue weighted by atomic mass is 9.94. The Balaban J connectivity index is 1.51. The van der Waals surface area contributed by atoms with Crippen LogP contribution in [0.3, 0.4) is 0 Å². The molecule has 5 heteroatoms. The van der Waals surface area contributed by atoms with Crippen molar-refractivity contribution in [2.75, 3.05) is 19.8 Å². The minimum Gasteiger partial charge on any atom is -0.488 e. The summed E-state index contributed by atoms with van der Waals surface area (Å²) in [6, 6.07) is 15.8. The fourth-order valence-corrected chi connectivity index (χ4v) is 3.23. The van der Waals surface area contributed by atoms with Crippen molar-refractivity contribution in [2.24, 2.45) is 0 Å². The number of ketones is 1. The molecule has 0 aliphatic heterocycles. The summed E-state index contributed by atoms with van der Waals surface area (Å²) in [6.45, 7) is 7.16. The second kappa shape index (κ2) is 8.93. The normalized spacial score (nSPS) is 11.5. The summed E-state index contributed by atoms with van der Waals surface area (Å²) in [6.07, 6.45) is 3.00. The lowest BCUT2D eigenvalue weighted by molar-refractivity contribution is -0.118. The summed E-state index contributed by atoms with van der Waals surface area (Å²) in [5.41, 5.74) is 2.40. The van der Waals surface area contributed by atoms with Gasteiger partial charge in [-0.1, -0.05) is 30.3 Å². The molecule has 2 N–H and O–H groups in total. The molecule has 0 aliphatic carbocycles. The molecule has 0 amide bonds. The van der Waals surface area contributed by atoms with E-state index in [1.165, 1.54) is 23.4 Å². The summed E-state index contributed by atoms with van der Waals surface area (Å²) in [7, 11) is 0. The third-order valence-electron chi connectivity index (χ3n) is 4.55. The Morgan fingerprint density at radius 3 is 2.46 bits per heavy atom. The molecule has 0 fully saturated rings. The second-order valence-electron chi connectivity index (χ2n) is 7.63. The molecule has 0 atom stereocenters. The van der Waals surface area contributed by atoms with E-state index in [0.717, 1.165) is 6.42 Å². The van der Waals surface area contributed by atoms with Gasteiger partial charge in [0.05, 0.1) is 0 Å². The molecule has 1 aromatic heterocycles. The van der Waals surface area contributed by atoms with Crippen LogP contribution < -0.4 is 14.8 Å². The van der Waals surface area contributed by atoms with E-state index >= 15 is 0 Å². The van der Waals surface area contributed by atoms with Gasteiger partial charge in [0.15, 0.2) is 17.3 Å². The smallest absolute Gasteiger partial charge is 0.167 e. The zero-order valence-electron chi connectivity index (χ0n) is 16.7. The number of para-hydroxylation sites is 3. The molecule has 0 unspecified atom stereocenters. The van der Waals surface area contributed by atoms with Crippen molar-refractivity contribution in [1.29, 1.82) is 0 Å². The first-order valence-electron chi connectivity index (χ1n) is 9.59. The lowest BCUT2D eigenvalue weighted by Crippen LogP contribution is -2.43. The lowest BCUT2D eigenvalue weighted by Gasteiger charge is -2.26. The van der Waals surface area contributed by atoms with Gasteiger partial charge >= 0.3 is 0 Å². The van der Waals surface area contributed by atoms with Crippen LogP contribution in [0.15, 0.2) is 54.7 Å². The van der Waals surface area contributed by atoms with Crippen molar-refractivity contribution < 1.29 is 14.3 Å². The molecule has 0 bridgehead atoms. The molecule has 0 aliphatic rings. The van der Waals surface area contributed by atoms with Crippen LogP contribution in [-0.2, 0) is 11.2 Å². The average molecular weight is 380 g/mol. The van der Waals surface area contributed by atoms with Crippen LogP contribution >= 0.6 is 0 Å². The first-order valence-corrected chi connectivity index (χ1v) is 9.59. The number of nitrogens with one attached hydrogen (secondary N) is 2. The van der Waals surface area contributed by atoms with E-state index < -0.39 is 0 Å². The van der Waals surface area contributed by atoms with Gasteiger partial charge in [0.25, 0.3) is 0 Å². The highest BCUT2D eigenvalue weighted by molar-refractivity contribution is 5.83. The quantitative estimate of drug-likeness (QED) is 0.519. The molecule has 2 aromatic carbocycles. The average Bonchev–Trinajstić information content (AvgIpc) is 3.06. The Hall–Kier alpha value is -2.79. The standard InChI is InChI=1S/C23H28N2O3/c1-17(26)16-28-22-11-7-6-10-21(22)27-13-12-25-23(2,3)14-18-15-24-20-9-5-4-8-19(18)20/h4-11,15,24-25H,12-14,16H2,1-3H3. The summed E-state index contributed by atoms with van der Waals surface area (Å²) in [4.78, 5) is 14.5. The minimum atomic E-state index is -0.0705. The maximum atomic E-state index is 11.1. The van der Waals surface area contributed by atoms with E-state index in [2.05, 4.69) is 48.5 Å². The van der Waals surface area contributed by atoms with Gasteiger partial charge in [0.2, 0.25) is 0 Å². The summed E-state index contributed by atoms with van der Waals surface area (Å²) in [5.74, 6) is 1.23. The Morgan fingerprint density at radius 2 is 1.71 bits per heavy atom. The Labute approximate surface area is 166 Å². The molecule has 3 rings (SSSR count). The van der Waals surface area contributed by atoms with E-state index in [9.17, 15) is 4.79 Å². The topological polar surface area (TPSA) is 63.4 Å². The Kier molecular flexibility index (Phi) is 6.37.